The van der Waals surface area contributed by atoms with Crippen LogP contribution in [0.5, 0.6) is 0 Å². The predicted octanol–water partition coefficient (Wildman–Crippen LogP) is 3.45. The second-order valence-electron chi connectivity index (χ2n) is 5.83. The maximum atomic E-state index is 11.9. The van der Waals surface area contributed by atoms with Crippen LogP contribution in [0.3, 0.4) is 0 Å². The molecule has 0 atom stereocenters. The van der Waals surface area contributed by atoms with Gasteiger partial charge in [0.1, 0.15) is 0 Å². The number of anilines is 1. The minimum atomic E-state index is -0.00886. The zero-order valence-corrected chi connectivity index (χ0v) is 11.5. The van der Waals surface area contributed by atoms with E-state index >= 15 is 0 Å². The third-order valence-electron chi connectivity index (χ3n) is 2.65. The van der Waals surface area contributed by atoms with Crippen LogP contribution in [-0.2, 0) is 4.79 Å². The molecular weight excluding hydrogens is 238 g/mol. The summed E-state index contributed by atoms with van der Waals surface area (Å²) in [6, 6.07) is 7.73. The molecule has 1 aromatic carbocycles. The van der Waals surface area contributed by atoms with Gasteiger partial charge < -0.3 is 10.3 Å². The Morgan fingerprint density at radius 1 is 1.37 bits per heavy atom. The number of benzene rings is 1. The van der Waals surface area contributed by atoms with E-state index in [4.69, 9.17) is 0 Å². The second kappa shape index (κ2) is 5.26. The Balaban J connectivity index is 2.10. The molecule has 100 valence electrons. The van der Waals surface area contributed by atoms with Gasteiger partial charge in [-0.05, 0) is 17.5 Å². The van der Waals surface area contributed by atoms with Crippen molar-refractivity contribution < 1.29 is 4.79 Å². The lowest BCUT2D eigenvalue weighted by Gasteiger charge is -2.17. The van der Waals surface area contributed by atoms with Crippen molar-refractivity contribution in [2.24, 2.45) is 5.41 Å². The third-order valence-corrected chi connectivity index (χ3v) is 2.65. The number of hydrogen-bond acceptors (Lipinski definition) is 2. The van der Waals surface area contributed by atoms with E-state index in [-0.39, 0.29) is 11.3 Å². The van der Waals surface area contributed by atoms with Crippen molar-refractivity contribution >= 4 is 11.6 Å². The molecule has 0 bridgehead atoms. The van der Waals surface area contributed by atoms with Gasteiger partial charge in [-0.25, -0.2) is 4.98 Å². The maximum absolute atomic E-state index is 11.9. The first-order valence-corrected chi connectivity index (χ1v) is 6.33. The molecule has 2 N–H and O–H groups in total. The molecule has 2 rings (SSSR count). The Kier molecular flexibility index (Phi) is 3.69. The Labute approximate surface area is 113 Å². The highest BCUT2D eigenvalue weighted by Gasteiger charge is 2.16. The van der Waals surface area contributed by atoms with Gasteiger partial charge >= 0.3 is 0 Å². The van der Waals surface area contributed by atoms with Crippen molar-refractivity contribution in [3.05, 3.63) is 36.8 Å². The van der Waals surface area contributed by atoms with Gasteiger partial charge in [0, 0.05) is 17.7 Å². The Bertz CT molecular complexity index is 553. The van der Waals surface area contributed by atoms with Gasteiger partial charge in [-0.2, -0.15) is 0 Å². The minimum absolute atomic E-state index is 0.00886. The molecular formula is C15H19N3O. The summed E-state index contributed by atoms with van der Waals surface area (Å²) in [4.78, 5) is 18.9. The number of amides is 1. The van der Waals surface area contributed by atoms with Gasteiger partial charge in [0.25, 0.3) is 0 Å². The molecule has 0 saturated carbocycles. The molecule has 0 fully saturated rings. The smallest absolute Gasteiger partial charge is 0.224 e. The van der Waals surface area contributed by atoms with Crippen molar-refractivity contribution in [2.75, 3.05) is 5.32 Å². The molecule has 4 heteroatoms. The van der Waals surface area contributed by atoms with Gasteiger partial charge in [-0.15, -0.1) is 0 Å². The fourth-order valence-corrected chi connectivity index (χ4v) is 1.87. The van der Waals surface area contributed by atoms with Crippen LogP contribution in [0.1, 0.15) is 27.2 Å². The third kappa shape index (κ3) is 3.95. The fraction of sp³-hybridized carbons (Fsp3) is 0.333. The molecule has 0 aliphatic heterocycles. The molecule has 0 saturated heterocycles. The number of H-pyrrole nitrogens is 1. The summed E-state index contributed by atoms with van der Waals surface area (Å²) in [6.45, 7) is 6.15. The Morgan fingerprint density at radius 2 is 2.16 bits per heavy atom. The lowest BCUT2D eigenvalue weighted by Crippen LogP contribution is -2.19. The highest BCUT2D eigenvalue weighted by molar-refractivity contribution is 5.91. The maximum Gasteiger partial charge on any atom is 0.224 e. The number of aromatic amines is 1. The van der Waals surface area contributed by atoms with Gasteiger partial charge in [0.2, 0.25) is 5.91 Å². The van der Waals surface area contributed by atoms with Crippen LogP contribution in [0.2, 0.25) is 0 Å². The zero-order valence-electron chi connectivity index (χ0n) is 11.5. The lowest BCUT2D eigenvalue weighted by atomic mass is 9.92. The molecule has 0 spiro atoms. The van der Waals surface area contributed by atoms with Gasteiger partial charge in [-0.3, -0.25) is 4.79 Å². The lowest BCUT2D eigenvalue weighted by molar-refractivity contribution is -0.117. The molecule has 1 aromatic heterocycles. The van der Waals surface area contributed by atoms with Gasteiger partial charge in [-0.1, -0.05) is 32.9 Å². The summed E-state index contributed by atoms with van der Waals surface area (Å²) in [5.74, 6) is 0.0364. The largest absolute Gasteiger partial charge is 0.345 e. The van der Waals surface area contributed by atoms with Crippen molar-refractivity contribution in [2.45, 2.75) is 27.2 Å². The Morgan fingerprint density at radius 3 is 2.79 bits per heavy atom. The first-order chi connectivity index (χ1) is 8.94. The van der Waals surface area contributed by atoms with Crippen LogP contribution >= 0.6 is 0 Å². The van der Waals surface area contributed by atoms with E-state index in [1.54, 1.807) is 12.5 Å². The van der Waals surface area contributed by atoms with Crippen LogP contribution in [0.4, 0.5) is 5.69 Å². The van der Waals surface area contributed by atoms with Gasteiger partial charge in [0.05, 0.1) is 18.2 Å². The number of hydrogen-bond donors (Lipinski definition) is 2. The van der Waals surface area contributed by atoms with E-state index in [9.17, 15) is 4.79 Å². The van der Waals surface area contributed by atoms with Crippen LogP contribution in [0, 0.1) is 5.41 Å². The second-order valence-corrected chi connectivity index (χ2v) is 5.83. The van der Waals surface area contributed by atoms with Crippen molar-refractivity contribution in [1.82, 2.24) is 9.97 Å². The van der Waals surface area contributed by atoms with E-state index in [2.05, 4.69) is 15.3 Å². The van der Waals surface area contributed by atoms with E-state index in [1.165, 1.54) is 0 Å². The van der Waals surface area contributed by atoms with Crippen molar-refractivity contribution in [3.63, 3.8) is 0 Å². The summed E-state index contributed by atoms with van der Waals surface area (Å²) >= 11 is 0. The average molecular weight is 257 g/mol. The summed E-state index contributed by atoms with van der Waals surface area (Å²) in [7, 11) is 0. The van der Waals surface area contributed by atoms with E-state index in [0.29, 0.717) is 6.42 Å². The molecule has 4 nitrogen and oxygen atoms in total. The average Bonchev–Trinajstić information content (AvgIpc) is 2.79. The highest BCUT2D eigenvalue weighted by Crippen LogP contribution is 2.22. The summed E-state index contributed by atoms with van der Waals surface area (Å²) in [6.07, 6.45) is 3.90. The van der Waals surface area contributed by atoms with Crippen LogP contribution in [0.25, 0.3) is 11.3 Å². The van der Waals surface area contributed by atoms with E-state index in [0.717, 1.165) is 16.9 Å². The molecule has 1 amide bonds. The number of nitrogens with zero attached hydrogens (tertiary/aromatic N) is 1. The molecule has 19 heavy (non-hydrogen) atoms. The molecule has 0 aliphatic carbocycles. The Hall–Kier alpha value is -2.10. The number of imidazole rings is 1. The van der Waals surface area contributed by atoms with Crippen LogP contribution < -0.4 is 5.32 Å². The van der Waals surface area contributed by atoms with Gasteiger partial charge in [0.15, 0.2) is 0 Å². The molecule has 0 radical (unpaired) electrons. The minimum Gasteiger partial charge on any atom is -0.345 e. The molecule has 0 unspecified atom stereocenters. The monoisotopic (exact) mass is 257 g/mol. The molecule has 1 heterocycles. The number of carbonyl (C=O) groups is 1. The standard InChI is InChI=1S/C15H19N3O/c1-15(2,3)8-14(19)18-12-6-4-5-11(7-12)13-9-16-10-17-13/h4-7,9-10H,8H2,1-3H3,(H,16,17)(H,18,19). The van der Waals surface area contributed by atoms with E-state index in [1.807, 2.05) is 45.0 Å². The highest BCUT2D eigenvalue weighted by atomic mass is 16.1. The SMILES string of the molecule is CC(C)(C)CC(=O)Nc1cccc(-c2cnc[nH]2)c1. The fourth-order valence-electron chi connectivity index (χ4n) is 1.87. The summed E-state index contributed by atoms with van der Waals surface area (Å²) in [5.41, 5.74) is 2.74. The first kappa shape index (κ1) is 13.3. The van der Waals surface area contributed by atoms with E-state index < -0.39 is 0 Å². The zero-order chi connectivity index (χ0) is 13.9. The summed E-state index contributed by atoms with van der Waals surface area (Å²) in [5, 5.41) is 2.93. The number of nitrogens with one attached hydrogen (secondary N) is 2. The summed E-state index contributed by atoms with van der Waals surface area (Å²) < 4.78 is 0. The first-order valence-electron chi connectivity index (χ1n) is 6.33. The quantitative estimate of drug-likeness (QED) is 0.884. The number of aromatic nitrogens is 2. The van der Waals surface area contributed by atoms with Crippen LogP contribution in [0.15, 0.2) is 36.8 Å². The molecule has 2 aromatic rings. The predicted molar refractivity (Wildman–Crippen MR) is 76.7 cm³/mol. The van der Waals surface area contributed by atoms with Crippen molar-refractivity contribution in [3.8, 4) is 11.3 Å². The molecule has 0 aliphatic rings. The topological polar surface area (TPSA) is 57.8 Å². The number of rotatable bonds is 3. The normalized spacial score (nSPS) is 11.3. The van der Waals surface area contributed by atoms with Crippen molar-refractivity contribution in [1.29, 1.82) is 0 Å². The van der Waals surface area contributed by atoms with Crippen LogP contribution in [-0.4, -0.2) is 15.9 Å². The number of carbonyl (C=O) groups excluding carboxylic acids is 1.